The summed E-state index contributed by atoms with van der Waals surface area (Å²) >= 11 is 0. The first-order valence-corrected chi connectivity index (χ1v) is 10.4. The van der Waals surface area contributed by atoms with Crippen LogP contribution in [0.5, 0.6) is 0 Å². The summed E-state index contributed by atoms with van der Waals surface area (Å²) < 4.78 is 0. The van der Waals surface area contributed by atoms with Gasteiger partial charge in [0.25, 0.3) is 5.91 Å². The number of aromatic nitrogens is 1. The largest absolute Gasteiger partial charge is 0.357 e. The average Bonchev–Trinajstić information content (AvgIpc) is 2.75. The molecule has 27 heavy (non-hydrogen) atoms. The number of amides is 2. The molecule has 0 atom stereocenters. The minimum Gasteiger partial charge on any atom is -0.357 e. The lowest BCUT2D eigenvalue weighted by atomic mass is 9.88. The van der Waals surface area contributed by atoms with Gasteiger partial charge in [0.2, 0.25) is 5.91 Å². The van der Waals surface area contributed by atoms with Gasteiger partial charge in [0.05, 0.1) is 5.56 Å². The van der Waals surface area contributed by atoms with Crippen molar-refractivity contribution < 1.29 is 9.59 Å². The van der Waals surface area contributed by atoms with Crippen LogP contribution in [0.4, 0.5) is 5.82 Å². The van der Waals surface area contributed by atoms with Gasteiger partial charge in [-0.1, -0.05) is 19.3 Å². The zero-order valence-corrected chi connectivity index (χ0v) is 16.7. The number of hydrogen-bond donors (Lipinski definition) is 0. The number of anilines is 1. The van der Waals surface area contributed by atoms with Crippen LogP contribution in [0.3, 0.4) is 0 Å². The smallest absolute Gasteiger partial charge is 0.255 e. The molecule has 1 saturated carbocycles. The molecular formula is C21H32N4O2. The van der Waals surface area contributed by atoms with Crippen molar-refractivity contribution in [1.29, 1.82) is 0 Å². The molecule has 0 bridgehead atoms. The quantitative estimate of drug-likeness (QED) is 0.797. The predicted molar refractivity (Wildman–Crippen MR) is 107 cm³/mol. The van der Waals surface area contributed by atoms with E-state index in [1.165, 1.54) is 19.3 Å². The molecule has 0 N–H and O–H groups in total. The van der Waals surface area contributed by atoms with E-state index in [0.29, 0.717) is 37.6 Å². The van der Waals surface area contributed by atoms with Crippen molar-refractivity contribution >= 4 is 17.6 Å². The first-order chi connectivity index (χ1) is 13.1. The molecule has 148 valence electrons. The maximum Gasteiger partial charge on any atom is 0.255 e. The van der Waals surface area contributed by atoms with E-state index in [0.717, 1.165) is 31.7 Å². The molecule has 6 nitrogen and oxygen atoms in total. The average molecular weight is 373 g/mol. The third kappa shape index (κ3) is 4.60. The molecule has 0 spiro atoms. The van der Waals surface area contributed by atoms with Crippen molar-refractivity contribution in [2.24, 2.45) is 5.92 Å². The Labute approximate surface area is 162 Å². The molecular weight excluding hydrogens is 340 g/mol. The maximum absolute atomic E-state index is 12.8. The molecule has 1 aliphatic heterocycles. The molecule has 2 fully saturated rings. The number of piperazine rings is 1. The fourth-order valence-corrected chi connectivity index (χ4v) is 4.17. The Bertz CT molecular complexity index is 628. The van der Waals surface area contributed by atoms with Crippen LogP contribution in [0, 0.1) is 5.92 Å². The number of nitrogens with zero attached hydrogens (tertiary/aromatic N) is 4. The molecule has 0 unspecified atom stereocenters. The van der Waals surface area contributed by atoms with E-state index in [2.05, 4.69) is 23.7 Å². The molecule has 2 heterocycles. The summed E-state index contributed by atoms with van der Waals surface area (Å²) in [5.41, 5.74) is 0.623. The van der Waals surface area contributed by atoms with Gasteiger partial charge in [0, 0.05) is 51.4 Å². The standard InChI is InChI=1S/C21H32N4O2/c1-3-23(4-2)19-11-10-18(16-22-19)21(27)25-14-12-24(13-15-25)20(26)17-8-6-5-7-9-17/h10-11,16-17H,3-9,12-15H2,1-2H3. The summed E-state index contributed by atoms with van der Waals surface area (Å²) in [5.74, 6) is 1.42. The molecule has 1 aromatic heterocycles. The number of carbonyl (C=O) groups excluding carboxylic acids is 2. The Balaban J connectivity index is 1.54. The second-order valence-corrected chi connectivity index (χ2v) is 7.53. The van der Waals surface area contributed by atoms with Crippen LogP contribution in [0.2, 0.25) is 0 Å². The van der Waals surface area contributed by atoms with Crippen LogP contribution in [0.1, 0.15) is 56.3 Å². The third-order valence-corrected chi connectivity index (χ3v) is 5.92. The van der Waals surface area contributed by atoms with Crippen LogP contribution in [-0.2, 0) is 4.79 Å². The summed E-state index contributed by atoms with van der Waals surface area (Å²) in [6, 6.07) is 3.78. The highest BCUT2D eigenvalue weighted by Crippen LogP contribution is 2.26. The van der Waals surface area contributed by atoms with E-state index in [1.54, 1.807) is 6.20 Å². The Hall–Kier alpha value is -2.11. The Morgan fingerprint density at radius 3 is 2.19 bits per heavy atom. The Morgan fingerprint density at radius 1 is 1.00 bits per heavy atom. The van der Waals surface area contributed by atoms with Gasteiger partial charge >= 0.3 is 0 Å². The number of pyridine rings is 1. The summed E-state index contributed by atoms with van der Waals surface area (Å²) in [4.78, 5) is 35.9. The topological polar surface area (TPSA) is 56.8 Å². The van der Waals surface area contributed by atoms with Crippen LogP contribution >= 0.6 is 0 Å². The van der Waals surface area contributed by atoms with Gasteiger partial charge in [0.1, 0.15) is 5.82 Å². The monoisotopic (exact) mass is 372 g/mol. The fourth-order valence-electron chi connectivity index (χ4n) is 4.17. The van der Waals surface area contributed by atoms with E-state index < -0.39 is 0 Å². The molecule has 2 aliphatic rings. The fraction of sp³-hybridized carbons (Fsp3) is 0.667. The van der Waals surface area contributed by atoms with Crippen LogP contribution in [0.25, 0.3) is 0 Å². The van der Waals surface area contributed by atoms with Crippen molar-refractivity contribution in [2.75, 3.05) is 44.2 Å². The predicted octanol–water partition coefficient (Wildman–Crippen LogP) is 2.79. The Morgan fingerprint density at radius 2 is 1.63 bits per heavy atom. The lowest BCUT2D eigenvalue weighted by Gasteiger charge is -2.37. The zero-order chi connectivity index (χ0) is 19.2. The van der Waals surface area contributed by atoms with Crippen LogP contribution in [0.15, 0.2) is 18.3 Å². The molecule has 0 radical (unpaired) electrons. The minimum absolute atomic E-state index is 0.0124. The van der Waals surface area contributed by atoms with E-state index in [9.17, 15) is 9.59 Å². The van der Waals surface area contributed by atoms with Gasteiger partial charge in [-0.3, -0.25) is 9.59 Å². The van der Waals surface area contributed by atoms with E-state index in [4.69, 9.17) is 0 Å². The maximum atomic E-state index is 12.8. The highest BCUT2D eigenvalue weighted by molar-refractivity contribution is 5.94. The normalized spacial score (nSPS) is 18.4. The molecule has 1 saturated heterocycles. The SMILES string of the molecule is CCN(CC)c1ccc(C(=O)N2CCN(C(=O)C3CCCCC3)CC2)cn1. The van der Waals surface area contributed by atoms with Crippen molar-refractivity contribution in [3.8, 4) is 0 Å². The summed E-state index contributed by atoms with van der Waals surface area (Å²) in [6.45, 7) is 8.49. The second-order valence-electron chi connectivity index (χ2n) is 7.53. The van der Waals surface area contributed by atoms with Crippen molar-refractivity contribution in [2.45, 2.75) is 46.0 Å². The number of hydrogen-bond acceptors (Lipinski definition) is 4. The minimum atomic E-state index is 0.0124. The van der Waals surface area contributed by atoms with Gasteiger partial charge in [0.15, 0.2) is 0 Å². The lowest BCUT2D eigenvalue weighted by molar-refractivity contribution is -0.138. The van der Waals surface area contributed by atoms with Gasteiger partial charge in [-0.25, -0.2) is 4.98 Å². The summed E-state index contributed by atoms with van der Waals surface area (Å²) in [7, 11) is 0. The van der Waals surface area contributed by atoms with Gasteiger partial charge in [-0.05, 0) is 38.8 Å². The molecule has 2 amide bonds. The molecule has 3 rings (SSSR count). The number of rotatable bonds is 5. The lowest BCUT2D eigenvalue weighted by Crippen LogP contribution is -2.52. The molecule has 6 heteroatoms. The molecule has 1 aromatic rings. The highest BCUT2D eigenvalue weighted by Gasteiger charge is 2.30. The summed E-state index contributed by atoms with van der Waals surface area (Å²) in [5, 5.41) is 0. The number of carbonyl (C=O) groups is 2. The van der Waals surface area contributed by atoms with Crippen molar-refractivity contribution in [3.63, 3.8) is 0 Å². The first-order valence-electron chi connectivity index (χ1n) is 10.4. The highest BCUT2D eigenvalue weighted by atomic mass is 16.2. The van der Waals surface area contributed by atoms with E-state index in [1.807, 2.05) is 21.9 Å². The van der Waals surface area contributed by atoms with Gasteiger partial charge < -0.3 is 14.7 Å². The second kappa shape index (κ2) is 9.20. The first kappa shape index (κ1) is 19.6. The summed E-state index contributed by atoms with van der Waals surface area (Å²) in [6.07, 6.45) is 7.34. The van der Waals surface area contributed by atoms with Crippen molar-refractivity contribution in [3.05, 3.63) is 23.9 Å². The van der Waals surface area contributed by atoms with Gasteiger partial charge in [-0.15, -0.1) is 0 Å². The van der Waals surface area contributed by atoms with Crippen LogP contribution in [-0.4, -0.2) is 65.9 Å². The van der Waals surface area contributed by atoms with Crippen molar-refractivity contribution in [1.82, 2.24) is 14.8 Å². The van der Waals surface area contributed by atoms with Crippen LogP contribution < -0.4 is 4.90 Å². The van der Waals surface area contributed by atoms with E-state index in [-0.39, 0.29) is 11.8 Å². The zero-order valence-electron chi connectivity index (χ0n) is 16.7. The van der Waals surface area contributed by atoms with E-state index >= 15 is 0 Å². The molecule has 0 aromatic carbocycles. The Kier molecular flexibility index (Phi) is 6.69. The third-order valence-electron chi connectivity index (χ3n) is 5.92. The van der Waals surface area contributed by atoms with Gasteiger partial charge in [-0.2, -0.15) is 0 Å². The molecule has 1 aliphatic carbocycles.